The largest absolute Gasteiger partial charge is 0.504 e. The molecule has 132 valence electrons. The number of aliphatic hydroxyl groups is 2. The van der Waals surface area contributed by atoms with Gasteiger partial charge in [-0.05, 0) is 35.4 Å². The van der Waals surface area contributed by atoms with Crippen LogP contribution in [0.3, 0.4) is 0 Å². The van der Waals surface area contributed by atoms with Crippen LogP contribution in [-0.4, -0.2) is 36.0 Å². The lowest BCUT2D eigenvalue weighted by molar-refractivity contribution is -0.116. The molecule has 0 atom stereocenters. The summed E-state index contributed by atoms with van der Waals surface area (Å²) in [7, 11) is 2.99. The normalized spacial score (nSPS) is 14.7. The van der Waals surface area contributed by atoms with Gasteiger partial charge in [0, 0.05) is 0 Å². The summed E-state index contributed by atoms with van der Waals surface area (Å²) >= 11 is 0. The Hall–Kier alpha value is -3.54. The molecule has 0 aliphatic heterocycles. The number of rotatable bonds is 4. The van der Waals surface area contributed by atoms with Crippen molar-refractivity contribution in [3.63, 3.8) is 0 Å². The van der Waals surface area contributed by atoms with E-state index in [4.69, 9.17) is 9.47 Å². The summed E-state index contributed by atoms with van der Waals surface area (Å²) in [5.41, 5.74) is 0.129. The van der Waals surface area contributed by atoms with Crippen molar-refractivity contribution in [2.75, 3.05) is 14.2 Å². The molecule has 1 aliphatic carbocycles. The van der Waals surface area contributed by atoms with Crippen LogP contribution in [0.2, 0.25) is 0 Å². The van der Waals surface area contributed by atoms with E-state index in [1.165, 1.54) is 38.5 Å². The number of Topliss-reactive ketones (excluding diaryl/α,β-unsaturated/α-hetero) is 2. The number of methoxy groups -OCH3 is 2. The molecule has 6 heteroatoms. The number of hydrogen-bond donors (Lipinski definition) is 2. The van der Waals surface area contributed by atoms with Crippen LogP contribution in [-0.2, 0) is 9.59 Å². The molecule has 6 nitrogen and oxygen atoms in total. The number of hydrogen-bond acceptors (Lipinski definition) is 6. The molecule has 0 unspecified atom stereocenters. The molecule has 2 N–H and O–H groups in total. The maximum atomic E-state index is 12.6. The maximum Gasteiger partial charge on any atom is 0.232 e. The minimum Gasteiger partial charge on any atom is -0.504 e. The van der Waals surface area contributed by atoms with E-state index in [1.54, 1.807) is 24.3 Å². The average molecular weight is 352 g/mol. The molecule has 1 aliphatic rings. The van der Waals surface area contributed by atoms with Crippen molar-refractivity contribution >= 4 is 22.7 Å². The number of ketones is 2. The predicted octanol–water partition coefficient (Wildman–Crippen LogP) is 3.09. The van der Waals surface area contributed by atoms with Crippen LogP contribution in [0.15, 0.2) is 60.0 Å². The molecule has 2 aromatic carbocycles. The van der Waals surface area contributed by atoms with Crippen LogP contribution in [0.25, 0.3) is 11.1 Å². The number of aliphatic hydroxyl groups excluding tert-OH is 2. The van der Waals surface area contributed by atoms with Gasteiger partial charge < -0.3 is 19.7 Å². The molecule has 0 heterocycles. The summed E-state index contributed by atoms with van der Waals surface area (Å²) < 4.78 is 10.1. The summed E-state index contributed by atoms with van der Waals surface area (Å²) in [6, 6.07) is 12.5. The van der Waals surface area contributed by atoms with Crippen molar-refractivity contribution in [3.05, 3.63) is 71.2 Å². The zero-order valence-corrected chi connectivity index (χ0v) is 14.1. The van der Waals surface area contributed by atoms with Crippen LogP contribution < -0.4 is 9.47 Å². The average Bonchev–Trinajstić information content (AvgIpc) is 2.68. The number of benzene rings is 2. The van der Waals surface area contributed by atoms with Gasteiger partial charge in [-0.25, -0.2) is 0 Å². The van der Waals surface area contributed by atoms with Crippen molar-refractivity contribution in [2.45, 2.75) is 0 Å². The first-order valence-electron chi connectivity index (χ1n) is 7.72. The highest BCUT2D eigenvalue weighted by Crippen LogP contribution is 2.34. The molecule has 26 heavy (non-hydrogen) atoms. The molecule has 0 aromatic heterocycles. The fourth-order valence-electron chi connectivity index (χ4n) is 2.73. The fraction of sp³-hybridized carbons (Fsp3) is 0.100. The number of allylic oxidation sites excluding steroid dienone is 2. The van der Waals surface area contributed by atoms with Gasteiger partial charge in [0.25, 0.3) is 0 Å². The monoisotopic (exact) mass is 352 g/mol. The third-order valence-corrected chi connectivity index (χ3v) is 4.12. The third kappa shape index (κ3) is 2.82. The van der Waals surface area contributed by atoms with Gasteiger partial charge >= 0.3 is 0 Å². The maximum absolute atomic E-state index is 12.6. The molecular formula is C20H16O6. The Morgan fingerprint density at radius 3 is 1.19 bits per heavy atom. The number of carbonyl (C=O) groups is 2. The van der Waals surface area contributed by atoms with Gasteiger partial charge in [0.1, 0.15) is 11.5 Å². The standard InChI is InChI=1S/C20H16O6/c1-25-13-7-3-11(4-8-13)15-17(21)19(23)16(20(24)18(15)22)12-5-9-14(26-2)10-6-12/h3-10,21,24H,1-2H3. The molecular weight excluding hydrogens is 336 g/mol. The van der Waals surface area contributed by atoms with E-state index in [9.17, 15) is 19.8 Å². The van der Waals surface area contributed by atoms with Gasteiger partial charge in [-0.2, -0.15) is 0 Å². The lowest BCUT2D eigenvalue weighted by Gasteiger charge is -2.18. The van der Waals surface area contributed by atoms with E-state index >= 15 is 0 Å². The third-order valence-electron chi connectivity index (χ3n) is 4.12. The topological polar surface area (TPSA) is 93.1 Å². The van der Waals surface area contributed by atoms with Crippen molar-refractivity contribution in [1.29, 1.82) is 0 Å². The number of ether oxygens (including phenoxy) is 2. The molecule has 0 saturated heterocycles. The Balaban J connectivity index is 2.06. The summed E-state index contributed by atoms with van der Waals surface area (Å²) in [5.74, 6) is -1.94. The minimum atomic E-state index is -0.821. The number of carbonyl (C=O) groups excluding carboxylic acids is 2. The van der Waals surface area contributed by atoms with Gasteiger partial charge in [-0.3, -0.25) is 9.59 Å². The van der Waals surface area contributed by atoms with Crippen molar-refractivity contribution < 1.29 is 29.3 Å². The first-order valence-corrected chi connectivity index (χ1v) is 7.72. The Morgan fingerprint density at radius 1 is 0.615 bits per heavy atom. The Labute approximate surface area is 149 Å². The highest BCUT2D eigenvalue weighted by atomic mass is 16.5. The van der Waals surface area contributed by atoms with E-state index in [0.717, 1.165) is 0 Å². The van der Waals surface area contributed by atoms with E-state index in [1.807, 2.05) is 0 Å². The quantitative estimate of drug-likeness (QED) is 0.822. The van der Waals surface area contributed by atoms with Gasteiger partial charge in [-0.15, -0.1) is 0 Å². The highest BCUT2D eigenvalue weighted by molar-refractivity contribution is 6.46. The lowest BCUT2D eigenvalue weighted by Crippen LogP contribution is -2.22. The Kier molecular flexibility index (Phi) is 4.49. The van der Waals surface area contributed by atoms with Crippen LogP contribution in [0.4, 0.5) is 0 Å². The van der Waals surface area contributed by atoms with Crippen LogP contribution in [0.5, 0.6) is 11.5 Å². The molecule has 0 fully saturated rings. The zero-order chi connectivity index (χ0) is 18.8. The molecule has 0 spiro atoms. The molecule has 0 amide bonds. The van der Waals surface area contributed by atoms with Crippen LogP contribution in [0, 0.1) is 0 Å². The fourth-order valence-corrected chi connectivity index (χ4v) is 2.73. The Morgan fingerprint density at radius 2 is 0.923 bits per heavy atom. The van der Waals surface area contributed by atoms with E-state index in [0.29, 0.717) is 22.6 Å². The van der Waals surface area contributed by atoms with Gasteiger partial charge in [0.05, 0.1) is 25.4 Å². The SMILES string of the molecule is COc1ccc(C2=C(O)C(=O)C(c3ccc(OC)cc3)=C(O)C2=O)cc1. The second-order valence-corrected chi connectivity index (χ2v) is 5.56. The van der Waals surface area contributed by atoms with Crippen molar-refractivity contribution in [2.24, 2.45) is 0 Å². The molecule has 0 saturated carbocycles. The summed E-state index contributed by atoms with van der Waals surface area (Å²) in [4.78, 5) is 25.2. The van der Waals surface area contributed by atoms with Gasteiger partial charge in [0.15, 0.2) is 11.5 Å². The minimum absolute atomic E-state index is 0.243. The lowest BCUT2D eigenvalue weighted by atomic mass is 9.86. The second kappa shape index (κ2) is 6.76. The summed E-state index contributed by atoms with van der Waals surface area (Å²) in [6.07, 6.45) is 0. The molecule has 0 radical (unpaired) electrons. The van der Waals surface area contributed by atoms with Crippen LogP contribution in [0.1, 0.15) is 11.1 Å². The summed E-state index contributed by atoms with van der Waals surface area (Å²) in [5, 5.41) is 20.7. The van der Waals surface area contributed by atoms with Crippen molar-refractivity contribution in [1.82, 2.24) is 0 Å². The van der Waals surface area contributed by atoms with E-state index < -0.39 is 23.1 Å². The molecule has 0 bridgehead atoms. The second-order valence-electron chi connectivity index (χ2n) is 5.56. The Bertz CT molecular complexity index is 854. The zero-order valence-electron chi connectivity index (χ0n) is 14.1. The van der Waals surface area contributed by atoms with E-state index in [-0.39, 0.29) is 11.1 Å². The summed E-state index contributed by atoms with van der Waals surface area (Å²) in [6.45, 7) is 0. The van der Waals surface area contributed by atoms with Gasteiger partial charge in [-0.1, -0.05) is 24.3 Å². The van der Waals surface area contributed by atoms with Crippen molar-refractivity contribution in [3.8, 4) is 11.5 Å². The molecule has 3 rings (SSSR count). The predicted molar refractivity (Wildman–Crippen MR) is 95.1 cm³/mol. The first-order chi connectivity index (χ1) is 12.5. The molecule has 2 aromatic rings. The smallest absolute Gasteiger partial charge is 0.232 e. The van der Waals surface area contributed by atoms with Gasteiger partial charge in [0.2, 0.25) is 11.6 Å². The van der Waals surface area contributed by atoms with Crippen LogP contribution >= 0.6 is 0 Å². The first kappa shape index (κ1) is 17.3. The highest BCUT2D eigenvalue weighted by Gasteiger charge is 2.36. The van der Waals surface area contributed by atoms with E-state index in [2.05, 4.69) is 0 Å².